The van der Waals surface area contributed by atoms with E-state index >= 15 is 0 Å². The van der Waals surface area contributed by atoms with E-state index in [2.05, 4.69) is 66.7 Å². The Bertz CT molecular complexity index is 2780. The Kier molecular flexibility index (Phi) is 5.85. The number of hydrogen-bond donors (Lipinski definition) is 0. The van der Waals surface area contributed by atoms with Gasteiger partial charge in [0.05, 0.1) is 15.8 Å². The third-order valence-corrected chi connectivity index (χ3v) is 11.0. The molecule has 0 bridgehead atoms. The molecule has 0 fully saturated rings. The molecule has 0 radical (unpaired) electrons. The second-order valence-electron chi connectivity index (χ2n) is 11.4. The number of rotatable bonds is 4. The first kappa shape index (κ1) is 26.5. The number of para-hydroxylation sites is 3. The quantitative estimate of drug-likeness (QED) is 0.192. The summed E-state index contributed by atoms with van der Waals surface area (Å²) in [5.74, 6) is 1.82. The molecule has 0 aliphatic carbocycles. The van der Waals surface area contributed by atoms with Crippen LogP contribution < -0.4 is 0 Å². The molecule has 0 saturated heterocycles. The van der Waals surface area contributed by atoms with Crippen molar-refractivity contribution in [2.75, 3.05) is 0 Å². The van der Waals surface area contributed by atoms with Crippen LogP contribution in [0.25, 0.3) is 97.1 Å². The zero-order chi connectivity index (χ0) is 30.9. The zero-order valence-corrected chi connectivity index (χ0v) is 26.3. The van der Waals surface area contributed by atoms with Crippen LogP contribution in [0, 0.1) is 0 Å². The average molecular weight is 639 g/mol. The number of aromatic nitrogens is 4. The molecule has 0 unspecified atom stereocenters. The van der Waals surface area contributed by atoms with Gasteiger partial charge in [0, 0.05) is 47.6 Å². The Morgan fingerprint density at radius 2 is 1.04 bits per heavy atom. The van der Waals surface area contributed by atoms with Crippen molar-refractivity contribution in [3.63, 3.8) is 0 Å². The lowest BCUT2D eigenvalue weighted by molar-refractivity contribution is 0.669. The van der Waals surface area contributed by atoms with Gasteiger partial charge < -0.3 is 4.42 Å². The Morgan fingerprint density at radius 3 is 1.87 bits per heavy atom. The van der Waals surface area contributed by atoms with E-state index in [9.17, 15) is 0 Å². The summed E-state index contributed by atoms with van der Waals surface area (Å²) in [7, 11) is 0. The van der Waals surface area contributed by atoms with Crippen molar-refractivity contribution in [1.29, 1.82) is 0 Å². The maximum Gasteiger partial charge on any atom is 0.167 e. The molecule has 0 spiro atoms. The van der Waals surface area contributed by atoms with E-state index in [0.717, 1.165) is 59.4 Å². The predicted octanol–water partition coefficient (Wildman–Crippen LogP) is 11.4. The molecule has 220 valence electrons. The second kappa shape index (κ2) is 10.4. The van der Waals surface area contributed by atoms with Gasteiger partial charge in [-0.3, -0.25) is 0 Å². The van der Waals surface area contributed by atoms with Gasteiger partial charge in [0.25, 0.3) is 0 Å². The molecule has 0 amide bonds. The van der Waals surface area contributed by atoms with Crippen LogP contribution in [0.4, 0.5) is 0 Å². The van der Waals surface area contributed by atoms with Gasteiger partial charge in [-0.05, 0) is 30.3 Å². The van der Waals surface area contributed by atoms with Crippen LogP contribution in [0.2, 0.25) is 0 Å². The molecule has 10 rings (SSSR count). The highest BCUT2D eigenvalue weighted by Gasteiger charge is 2.21. The van der Waals surface area contributed by atoms with E-state index in [0.29, 0.717) is 17.5 Å². The third-order valence-electron chi connectivity index (χ3n) is 8.60. The smallest absolute Gasteiger partial charge is 0.167 e. The van der Waals surface area contributed by atoms with Crippen molar-refractivity contribution < 1.29 is 4.42 Å². The van der Waals surface area contributed by atoms with Crippen molar-refractivity contribution in [1.82, 2.24) is 19.9 Å². The molecule has 0 aliphatic rings. The molecular weight excluding hydrogens is 617 g/mol. The SMILES string of the molecule is c1ccc(-c2nc(-c3cccc4c3oc3ccccc34)nc(-c3cccc4c3sc3c(-c5nc6ccccc6s5)cccc34)n2)cc1. The lowest BCUT2D eigenvalue weighted by atomic mass is 10.1. The van der Waals surface area contributed by atoms with Crippen LogP contribution in [0.3, 0.4) is 0 Å². The van der Waals surface area contributed by atoms with Gasteiger partial charge in [-0.1, -0.05) is 103 Å². The summed E-state index contributed by atoms with van der Waals surface area (Å²) >= 11 is 3.50. The average Bonchev–Trinajstić information content (AvgIpc) is 3.85. The summed E-state index contributed by atoms with van der Waals surface area (Å²) in [6, 6.07) is 45.6. The molecule has 0 atom stereocenters. The molecule has 47 heavy (non-hydrogen) atoms. The molecular formula is C40H22N4OS2. The minimum Gasteiger partial charge on any atom is -0.455 e. The number of thiophene rings is 1. The number of benzene rings is 6. The fourth-order valence-electron chi connectivity index (χ4n) is 6.41. The lowest BCUT2D eigenvalue weighted by Crippen LogP contribution is -2.00. The highest BCUT2D eigenvalue weighted by atomic mass is 32.1. The maximum absolute atomic E-state index is 6.41. The highest BCUT2D eigenvalue weighted by Crippen LogP contribution is 2.45. The molecule has 4 heterocycles. The minimum absolute atomic E-state index is 0.576. The van der Waals surface area contributed by atoms with Crippen LogP contribution in [-0.4, -0.2) is 19.9 Å². The van der Waals surface area contributed by atoms with E-state index in [1.54, 1.807) is 22.7 Å². The number of hydrogen-bond acceptors (Lipinski definition) is 7. The summed E-state index contributed by atoms with van der Waals surface area (Å²) in [4.78, 5) is 20.3. The predicted molar refractivity (Wildman–Crippen MR) is 195 cm³/mol. The van der Waals surface area contributed by atoms with Crippen molar-refractivity contribution >= 4 is 75.0 Å². The summed E-state index contributed by atoms with van der Waals surface area (Å²) in [6.45, 7) is 0. The van der Waals surface area contributed by atoms with Crippen LogP contribution >= 0.6 is 22.7 Å². The Hall–Kier alpha value is -5.76. The summed E-state index contributed by atoms with van der Waals surface area (Å²) in [5.41, 5.74) is 6.51. The molecule has 6 aromatic carbocycles. The standard InChI is InChI=1S/C40H22N4OS2/c1-2-11-23(12-3-1)37-42-38(28-17-8-14-25-24-13-4-6-21-32(24)45-34(25)28)44-39(43-37)29-18-9-15-26-27-16-10-19-30(36(27)47-35(26)29)40-41-31-20-5-7-22-33(31)46-40/h1-22H. The monoisotopic (exact) mass is 638 g/mol. The Labute approximate surface area is 276 Å². The molecule has 0 N–H and O–H groups in total. The summed E-state index contributed by atoms with van der Waals surface area (Å²) in [5, 5.41) is 5.51. The third kappa shape index (κ3) is 4.21. The van der Waals surface area contributed by atoms with Crippen LogP contribution in [0.15, 0.2) is 138 Å². The van der Waals surface area contributed by atoms with Gasteiger partial charge in [-0.25, -0.2) is 19.9 Å². The summed E-state index contributed by atoms with van der Waals surface area (Å²) in [6.07, 6.45) is 0. The van der Waals surface area contributed by atoms with Crippen molar-refractivity contribution in [2.24, 2.45) is 0 Å². The number of thiazole rings is 1. The maximum atomic E-state index is 6.41. The first-order valence-corrected chi connectivity index (χ1v) is 16.9. The molecule has 4 aromatic heterocycles. The van der Waals surface area contributed by atoms with Crippen molar-refractivity contribution in [2.45, 2.75) is 0 Å². The first-order valence-electron chi connectivity index (χ1n) is 15.3. The van der Waals surface area contributed by atoms with E-state index in [4.69, 9.17) is 24.4 Å². The van der Waals surface area contributed by atoms with E-state index < -0.39 is 0 Å². The summed E-state index contributed by atoms with van der Waals surface area (Å²) < 4.78 is 9.94. The van der Waals surface area contributed by atoms with Crippen molar-refractivity contribution in [3.05, 3.63) is 133 Å². The number of furan rings is 1. The lowest BCUT2D eigenvalue weighted by Gasteiger charge is -2.09. The van der Waals surface area contributed by atoms with Gasteiger partial charge in [-0.2, -0.15) is 0 Å². The molecule has 0 aliphatic heterocycles. The second-order valence-corrected chi connectivity index (χ2v) is 13.5. The molecule has 0 saturated carbocycles. The molecule has 7 heteroatoms. The molecule has 5 nitrogen and oxygen atoms in total. The zero-order valence-electron chi connectivity index (χ0n) is 24.7. The van der Waals surface area contributed by atoms with Gasteiger partial charge in [0.1, 0.15) is 16.2 Å². The Morgan fingerprint density at radius 1 is 0.426 bits per heavy atom. The normalized spacial score (nSPS) is 11.8. The van der Waals surface area contributed by atoms with Crippen LogP contribution in [0.1, 0.15) is 0 Å². The van der Waals surface area contributed by atoms with Gasteiger partial charge in [0.15, 0.2) is 17.5 Å². The van der Waals surface area contributed by atoms with Gasteiger partial charge >= 0.3 is 0 Å². The van der Waals surface area contributed by atoms with E-state index in [1.807, 2.05) is 66.7 Å². The fraction of sp³-hybridized carbons (Fsp3) is 0. The van der Waals surface area contributed by atoms with Crippen molar-refractivity contribution in [3.8, 4) is 44.7 Å². The van der Waals surface area contributed by atoms with E-state index in [-0.39, 0.29) is 0 Å². The highest BCUT2D eigenvalue weighted by molar-refractivity contribution is 7.27. The van der Waals surface area contributed by atoms with Crippen LogP contribution in [0.5, 0.6) is 0 Å². The topological polar surface area (TPSA) is 64.7 Å². The fourth-order valence-corrected chi connectivity index (χ4v) is 8.79. The minimum atomic E-state index is 0.576. The first-order chi connectivity index (χ1) is 23.3. The Balaban J connectivity index is 1.22. The number of nitrogens with zero attached hydrogens (tertiary/aromatic N) is 4. The van der Waals surface area contributed by atoms with Gasteiger partial charge in [-0.15, -0.1) is 22.7 Å². The van der Waals surface area contributed by atoms with Gasteiger partial charge in [0.2, 0.25) is 0 Å². The largest absolute Gasteiger partial charge is 0.455 e. The molecule has 10 aromatic rings. The van der Waals surface area contributed by atoms with E-state index in [1.165, 1.54) is 20.2 Å². The van der Waals surface area contributed by atoms with Crippen LogP contribution in [-0.2, 0) is 0 Å². The number of fused-ring (bicyclic) bond motifs is 7.